The molecule has 1 N–H and O–H groups in total. The van der Waals surface area contributed by atoms with Crippen molar-refractivity contribution in [3.8, 4) is 10.6 Å². The summed E-state index contributed by atoms with van der Waals surface area (Å²) < 4.78 is 5.87. The third kappa shape index (κ3) is 1.78. The fraction of sp³-hybridized carbons (Fsp3) is 0.200. The third-order valence-electron chi connectivity index (χ3n) is 2.13. The summed E-state index contributed by atoms with van der Waals surface area (Å²) in [5.74, 6) is -0.601. The lowest BCUT2D eigenvalue weighted by molar-refractivity contribution is 0.0695. The van der Waals surface area contributed by atoms with Gasteiger partial charge in [-0.15, -0.1) is 11.3 Å². The van der Waals surface area contributed by atoms with E-state index >= 15 is 0 Å². The first-order valence-corrected chi connectivity index (χ1v) is 6.27. The molecule has 0 unspecified atom stereocenters. The van der Waals surface area contributed by atoms with Crippen molar-refractivity contribution in [2.75, 3.05) is 0 Å². The van der Waals surface area contributed by atoms with Crippen LogP contribution in [0.25, 0.3) is 10.6 Å². The van der Waals surface area contributed by atoms with Crippen LogP contribution >= 0.6 is 27.3 Å². The van der Waals surface area contributed by atoms with Crippen LogP contribution in [0, 0.1) is 0 Å². The average Bonchev–Trinajstić information content (AvgIpc) is 2.82. The first kappa shape index (κ1) is 11.3. The Bertz CT molecular complexity index is 532. The lowest BCUT2D eigenvalue weighted by Gasteiger charge is -1.95. The van der Waals surface area contributed by atoms with Gasteiger partial charge in [0.2, 0.25) is 0 Å². The van der Waals surface area contributed by atoms with Gasteiger partial charge in [0.25, 0.3) is 0 Å². The fourth-order valence-corrected chi connectivity index (χ4v) is 2.95. The zero-order valence-corrected chi connectivity index (χ0v) is 10.8. The summed E-state index contributed by atoms with van der Waals surface area (Å²) in [4.78, 5) is 11.9. The Labute approximate surface area is 104 Å². The standard InChI is InChI=1S/C10H8BrNO3S/c1-2-6-7(10(13)14)8(12-15-6)9-5(11)3-4-16-9/h3-4H,2H2,1H3,(H,13,14). The van der Waals surface area contributed by atoms with Crippen LogP contribution in [-0.4, -0.2) is 16.2 Å². The number of hydrogen-bond donors (Lipinski definition) is 1. The van der Waals surface area contributed by atoms with Crippen molar-refractivity contribution in [2.24, 2.45) is 0 Å². The molecule has 0 saturated carbocycles. The van der Waals surface area contributed by atoms with Crippen LogP contribution < -0.4 is 0 Å². The highest BCUT2D eigenvalue weighted by Crippen LogP contribution is 2.35. The van der Waals surface area contributed by atoms with E-state index < -0.39 is 5.97 Å². The molecule has 16 heavy (non-hydrogen) atoms. The van der Waals surface area contributed by atoms with Gasteiger partial charge in [0.1, 0.15) is 11.3 Å². The number of halogens is 1. The average molecular weight is 302 g/mol. The highest BCUT2D eigenvalue weighted by molar-refractivity contribution is 9.10. The molecule has 0 aliphatic carbocycles. The van der Waals surface area contributed by atoms with E-state index in [0.717, 1.165) is 9.35 Å². The zero-order chi connectivity index (χ0) is 11.7. The Kier molecular flexibility index (Phi) is 3.11. The Balaban J connectivity index is 2.62. The van der Waals surface area contributed by atoms with Crippen molar-refractivity contribution < 1.29 is 14.4 Å². The molecular weight excluding hydrogens is 294 g/mol. The molecule has 2 aromatic rings. The number of carbonyl (C=O) groups is 1. The topological polar surface area (TPSA) is 63.3 Å². The number of carboxylic acids is 1. The van der Waals surface area contributed by atoms with Gasteiger partial charge in [-0.2, -0.15) is 0 Å². The lowest BCUT2D eigenvalue weighted by atomic mass is 10.1. The van der Waals surface area contributed by atoms with E-state index in [9.17, 15) is 4.79 Å². The maximum atomic E-state index is 11.2. The van der Waals surface area contributed by atoms with Crippen LogP contribution in [0.3, 0.4) is 0 Å². The SMILES string of the molecule is CCc1onc(-c2sccc2Br)c1C(=O)O. The van der Waals surface area contributed by atoms with Gasteiger partial charge in [-0.05, 0) is 27.4 Å². The van der Waals surface area contributed by atoms with Gasteiger partial charge in [0.15, 0.2) is 5.76 Å². The summed E-state index contributed by atoms with van der Waals surface area (Å²) in [5.41, 5.74) is 0.553. The van der Waals surface area contributed by atoms with Gasteiger partial charge in [-0.1, -0.05) is 12.1 Å². The first-order chi connectivity index (χ1) is 7.65. The second kappa shape index (κ2) is 4.39. The normalized spacial score (nSPS) is 10.6. The number of hydrogen-bond acceptors (Lipinski definition) is 4. The van der Waals surface area contributed by atoms with E-state index in [4.69, 9.17) is 9.63 Å². The maximum Gasteiger partial charge on any atom is 0.341 e. The second-order valence-corrected chi connectivity index (χ2v) is 4.86. The van der Waals surface area contributed by atoms with E-state index in [1.165, 1.54) is 11.3 Å². The molecule has 2 aromatic heterocycles. The Morgan fingerprint density at radius 1 is 1.69 bits per heavy atom. The second-order valence-electron chi connectivity index (χ2n) is 3.09. The highest BCUT2D eigenvalue weighted by atomic mass is 79.9. The van der Waals surface area contributed by atoms with Crippen LogP contribution in [0.1, 0.15) is 23.0 Å². The first-order valence-electron chi connectivity index (χ1n) is 4.60. The summed E-state index contributed by atoms with van der Waals surface area (Å²) in [6.45, 7) is 1.83. The molecule has 0 bridgehead atoms. The molecule has 0 aromatic carbocycles. The third-order valence-corrected chi connectivity index (χ3v) is 3.97. The summed E-state index contributed by atoms with van der Waals surface area (Å²) in [7, 11) is 0. The quantitative estimate of drug-likeness (QED) is 0.943. The number of aryl methyl sites for hydroxylation is 1. The van der Waals surface area contributed by atoms with Crippen molar-refractivity contribution in [1.29, 1.82) is 0 Å². The van der Waals surface area contributed by atoms with Crippen molar-refractivity contribution in [1.82, 2.24) is 5.16 Å². The molecule has 0 atom stereocenters. The number of thiophene rings is 1. The Hall–Kier alpha value is -1.14. The number of carboxylic acid groups (broad SMARTS) is 1. The van der Waals surface area contributed by atoms with Crippen molar-refractivity contribution in [3.63, 3.8) is 0 Å². The minimum atomic E-state index is -1.01. The lowest BCUT2D eigenvalue weighted by Crippen LogP contribution is -2.00. The monoisotopic (exact) mass is 301 g/mol. The van der Waals surface area contributed by atoms with Gasteiger partial charge in [-0.3, -0.25) is 0 Å². The predicted octanol–water partition coefficient (Wildman–Crippen LogP) is 3.43. The summed E-state index contributed by atoms with van der Waals surface area (Å²) >= 11 is 4.78. The largest absolute Gasteiger partial charge is 0.477 e. The van der Waals surface area contributed by atoms with E-state index in [1.807, 2.05) is 18.4 Å². The summed E-state index contributed by atoms with van der Waals surface area (Å²) in [5, 5.41) is 14.8. The number of rotatable bonds is 3. The van der Waals surface area contributed by atoms with E-state index in [-0.39, 0.29) is 5.56 Å². The molecule has 6 heteroatoms. The van der Waals surface area contributed by atoms with Gasteiger partial charge in [0, 0.05) is 10.9 Å². The molecule has 0 radical (unpaired) electrons. The Morgan fingerprint density at radius 3 is 2.94 bits per heavy atom. The smallest absolute Gasteiger partial charge is 0.341 e. The van der Waals surface area contributed by atoms with E-state index in [2.05, 4.69) is 21.1 Å². The van der Waals surface area contributed by atoms with Gasteiger partial charge < -0.3 is 9.63 Å². The molecule has 4 nitrogen and oxygen atoms in total. The van der Waals surface area contributed by atoms with Crippen molar-refractivity contribution >= 4 is 33.2 Å². The van der Waals surface area contributed by atoms with Crippen LogP contribution in [0.15, 0.2) is 20.4 Å². The molecule has 2 rings (SSSR count). The van der Waals surface area contributed by atoms with Crippen LogP contribution in [0.4, 0.5) is 0 Å². The van der Waals surface area contributed by atoms with Crippen molar-refractivity contribution in [2.45, 2.75) is 13.3 Å². The molecule has 2 heterocycles. The van der Waals surface area contributed by atoms with E-state index in [1.54, 1.807) is 0 Å². The summed E-state index contributed by atoms with van der Waals surface area (Å²) in [6.07, 6.45) is 0.512. The highest BCUT2D eigenvalue weighted by Gasteiger charge is 2.24. The number of aromatic nitrogens is 1. The maximum absolute atomic E-state index is 11.2. The Morgan fingerprint density at radius 2 is 2.44 bits per heavy atom. The predicted molar refractivity (Wildman–Crippen MR) is 63.9 cm³/mol. The molecule has 84 valence electrons. The molecule has 0 spiro atoms. The minimum Gasteiger partial charge on any atom is -0.477 e. The number of aromatic carboxylic acids is 1. The molecule has 0 aliphatic heterocycles. The minimum absolute atomic E-state index is 0.158. The van der Waals surface area contributed by atoms with Gasteiger partial charge in [-0.25, -0.2) is 4.79 Å². The molecule has 0 saturated heterocycles. The molecule has 0 amide bonds. The van der Waals surface area contributed by atoms with Gasteiger partial charge >= 0.3 is 5.97 Å². The van der Waals surface area contributed by atoms with Crippen LogP contribution in [-0.2, 0) is 6.42 Å². The fourth-order valence-electron chi connectivity index (χ4n) is 1.40. The zero-order valence-electron chi connectivity index (χ0n) is 8.36. The molecule has 0 aliphatic rings. The van der Waals surface area contributed by atoms with E-state index in [0.29, 0.717) is 17.9 Å². The van der Waals surface area contributed by atoms with Gasteiger partial charge in [0.05, 0.1) is 4.88 Å². The van der Waals surface area contributed by atoms with Crippen molar-refractivity contribution in [3.05, 3.63) is 27.2 Å². The summed E-state index contributed by atoms with van der Waals surface area (Å²) in [6, 6.07) is 1.85. The van der Waals surface area contributed by atoms with Crippen LogP contribution in [0.5, 0.6) is 0 Å². The molecular formula is C10H8BrNO3S. The number of nitrogens with zero attached hydrogens (tertiary/aromatic N) is 1. The van der Waals surface area contributed by atoms with Crippen LogP contribution in [0.2, 0.25) is 0 Å². The molecule has 0 fully saturated rings.